The van der Waals surface area contributed by atoms with Gasteiger partial charge in [-0.15, -0.1) is 0 Å². The number of likely N-dealkylation sites (N-methyl/N-ethyl adjacent to an activating group) is 4. The Kier molecular flexibility index (Phi) is 19.0. The lowest BCUT2D eigenvalue weighted by Crippen LogP contribution is -2.39. The van der Waals surface area contributed by atoms with Crippen LogP contribution in [0.4, 0.5) is 28.4 Å². The minimum Gasteiger partial charge on any atom is -0.493 e. The molecule has 0 radical (unpaired) electrons. The quantitative estimate of drug-likeness (QED) is 0.0646. The van der Waals surface area contributed by atoms with Gasteiger partial charge in [-0.3, -0.25) is 24.2 Å². The Labute approximate surface area is 419 Å². The zero-order valence-corrected chi connectivity index (χ0v) is 41.7. The van der Waals surface area contributed by atoms with Gasteiger partial charge < -0.3 is 64.5 Å². The molecular formula is C54H62N8O10. The number of fused-ring (bicyclic) bond motifs is 5. The highest BCUT2D eigenvalue weighted by Crippen LogP contribution is 2.41. The number of ether oxygens (including phenoxy) is 4. The summed E-state index contributed by atoms with van der Waals surface area (Å²) < 4.78 is 24.2. The molecule has 3 amide bonds. The van der Waals surface area contributed by atoms with Crippen molar-refractivity contribution in [3.8, 4) is 23.0 Å². The number of hydrogen-bond donors (Lipinski definition) is 4. The Morgan fingerprint density at radius 2 is 1.42 bits per heavy atom. The first-order valence-corrected chi connectivity index (χ1v) is 23.4. The number of rotatable bonds is 18. The molecule has 18 heteroatoms. The summed E-state index contributed by atoms with van der Waals surface area (Å²) in [6.07, 6.45) is 5.60. The van der Waals surface area contributed by atoms with Crippen molar-refractivity contribution in [3.63, 3.8) is 0 Å². The van der Waals surface area contributed by atoms with Crippen LogP contribution in [0.25, 0.3) is 0 Å². The number of nitrogens with one attached hydrogen (secondary N) is 4. The van der Waals surface area contributed by atoms with Gasteiger partial charge in [0.05, 0.1) is 62.9 Å². The predicted octanol–water partition coefficient (Wildman–Crippen LogP) is 5.34. The van der Waals surface area contributed by atoms with Crippen LogP contribution in [0.3, 0.4) is 0 Å². The largest absolute Gasteiger partial charge is 0.493 e. The van der Waals surface area contributed by atoms with E-state index in [0.29, 0.717) is 64.0 Å². The monoisotopic (exact) mass is 982 g/mol. The van der Waals surface area contributed by atoms with Gasteiger partial charge in [-0.1, -0.05) is 36.4 Å². The van der Waals surface area contributed by atoms with Crippen molar-refractivity contribution in [1.29, 1.82) is 0 Å². The second-order valence-electron chi connectivity index (χ2n) is 16.9. The van der Waals surface area contributed by atoms with Crippen LogP contribution < -0.4 is 54.9 Å². The molecule has 3 heterocycles. The Hall–Kier alpha value is -8.09. The highest BCUT2D eigenvalue weighted by Gasteiger charge is 2.38. The topological polar surface area (TPSA) is 210 Å². The zero-order valence-electron chi connectivity index (χ0n) is 41.7. The summed E-state index contributed by atoms with van der Waals surface area (Å²) in [5.41, 5.74) is 8.67. The molecule has 5 aromatic rings. The van der Waals surface area contributed by atoms with Gasteiger partial charge >= 0.3 is 0 Å². The highest BCUT2D eigenvalue weighted by molar-refractivity contribution is 6.12. The number of nitrogens with zero attached hydrogens (tertiary/aromatic N) is 4. The van der Waals surface area contributed by atoms with E-state index in [1.165, 1.54) is 19.6 Å². The van der Waals surface area contributed by atoms with Gasteiger partial charge in [-0.2, -0.15) is 0 Å². The van der Waals surface area contributed by atoms with Gasteiger partial charge in [0.25, 0.3) is 5.91 Å². The molecule has 0 spiro atoms. The molecule has 72 heavy (non-hydrogen) atoms. The summed E-state index contributed by atoms with van der Waals surface area (Å²) in [6, 6.07) is 28.9. The van der Waals surface area contributed by atoms with Gasteiger partial charge in [-0.25, -0.2) is 0 Å². The van der Waals surface area contributed by atoms with Crippen molar-refractivity contribution in [3.05, 3.63) is 124 Å². The van der Waals surface area contributed by atoms with E-state index in [1.54, 1.807) is 51.4 Å². The minimum atomic E-state index is -0.162. The number of carbonyl (C=O) groups excluding carboxylic acids is 6. The van der Waals surface area contributed by atoms with E-state index in [1.807, 2.05) is 72.8 Å². The first-order chi connectivity index (χ1) is 34.9. The van der Waals surface area contributed by atoms with Crippen LogP contribution in [0.2, 0.25) is 0 Å². The molecule has 0 aromatic heterocycles. The van der Waals surface area contributed by atoms with Crippen molar-refractivity contribution < 1.29 is 47.7 Å². The average Bonchev–Trinajstić information content (AvgIpc) is 3.89. The number of aldehydes is 3. The fraction of sp³-hybridized carbons (Fsp3) is 0.315. The molecule has 0 bridgehead atoms. The van der Waals surface area contributed by atoms with Crippen LogP contribution in [-0.4, -0.2) is 123 Å². The zero-order chi connectivity index (χ0) is 51.7. The number of para-hydroxylation sites is 2. The molecule has 8 rings (SSSR count). The number of methoxy groups -OCH3 is 2. The Bertz CT molecular complexity index is 2780. The van der Waals surface area contributed by atoms with Crippen molar-refractivity contribution in [2.45, 2.75) is 45.1 Å². The summed E-state index contributed by atoms with van der Waals surface area (Å²) >= 11 is 0. The molecule has 0 aliphatic carbocycles. The Morgan fingerprint density at radius 1 is 0.806 bits per heavy atom. The highest BCUT2D eigenvalue weighted by atomic mass is 16.5. The molecule has 2 atom stereocenters. The summed E-state index contributed by atoms with van der Waals surface area (Å²) in [5, 5.41) is 11.4. The van der Waals surface area contributed by atoms with Gasteiger partial charge in [0.1, 0.15) is 25.8 Å². The molecule has 1 unspecified atom stereocenters. The Morgan fingerprint density at radius 3 is 2.03 bits per heavy atom. The van der Waals surface area contributed by atoms with Crippen LogP contribution in [0.1, 0.15) is 49.9 Å². The molecule has 3 aliphatic rings. The smallest absolute Gasteiger partial charge is 0.260 e. The van der Waals surface area contributed by atoms with E-state index in [4.69, 9.17) is 28.7 Å². The fourth-order valence-electron chi connectivity index (χ4n) is 8.56. The van der Waals surface area contributed by atoms with Crippen LogP contribution in [0.15, 0.2) is 96.0 Å². The predicted molar refractivity (Wildman–Crippen MR) is 278 cm³/mol. The number of aliphatic imine (C=N–C) groups is 1. The van der Waals surface area contributed by atoms with Gasteiger partial charge in [0.15, 0.2) is 29.3 Å². The molecule has 3 aliphatic heterocycles. The van der Waals surface area contributed by atoms with E-state index < -0.39 is 0 Å². The molecule has 0 saturated carbocycles. The van der Waals surface area contributed by atoms with Crippen LogP contribution in [-0.2, 0) is 45.2 Å². The summed E-state index contributed by atoms with van der Waals surface area (Å²) in [6.45, 7) is 2.76. The third-order valence-corrected chi connectivity index (χ3v) is 12.1. The molecule has 0 fully saturated rings. The van der Waals surface area contributed by atoms with Crippen molar-refractivity contribution in [2.75, 3.05) is 88.6 Å². The normalized spacial score (nSPS) is 14.8. The molecular weight excluding hydrogens is 921 g/mol. The Balaban J connectivity index is 0.000000631. The summed E-state index contributed by atoms with van der Waals surface area (Å²) in [7, 11) is 10.2. The second kappa shape index (κ2) is 25.7. The maximum absolute atomic E-state index is 14.0. The summed E-state index contributed by atoms with van der Waals surface area (Å²) in [5.74, 6) is 1.29. The molecule has 378 valence electrons. The van der Waals surface area contributed by atoms with E-state index in [0.717, 1.165) is 53.5 Å². The van der Waals surface area contributed by atoms with E-state index in [9.17, 15) is 24.0 Å². The van der Waals surface area contributed by atoms with Crippen LogP contribution in [0.5, 0.6) is 23.0 Å². The maximum Gasteiger partial charge on any atom is 0.260 e. The first kappa shape index (κ1) is 53.3. The standard InChI is InChI=1S/C47H48N6O7.C5H10N2O2.C2H4O/c1-48-25-46(55)52(3)34-15-29(27-59-44-21-38(33(26-54)19-42(44)57-4)49-23-35-17-31-10-6-8-12-40(31)51(35)2)14-30(16-34)28-60-45-22-39-37(20-43(45)58-5)47(56)53-36(24-50-39)18-32-11-7-9-13-41(32)53;1-6-4-5(9)7-2-3-8;1-2-3/h6-16,19-23,26,35-36,48,50H,17-18,24-25,27-28H2,1-5H3;3,6H,2,4H2,1H3,(H,7,9);2H,1H3/t35-,36?;;/m0../s1. The SMILES string of the molecule is CC=O.CNCC(=O)N(C)c1cc(COc2cc(N=C[C@@H]3Cc4ccccc4N3C)c(C=O)cc2OC)cc(COc2cc3c(cc2OC)C(=O)N2c4ccccc4CC2CN3)c1.CNCC(=O)NCC=O. The fourth-order valence-corrected chi connectivity index (χ4v) is 8.56. The number of carbonyl (C=O) groups is 6. The lowest BCUT2D eigenvalue weighted by atomic mass is 10.1. The van der Waals surface area contributed by atoms with E-state index in [-0.39, 0.29) is 62.7 Å². The third-order valence-electron chi connectivity index (χ3n) is 12.1. The number of anilines is 4. The molecule has 18 nitrogen and oxygen atoms in total. The van der Waals surface area contributed by atoms with Gasteiger partial charge in [0.2, 0.25) is 11.8 Å². The summed E-state index contributed by atoms with van der Waals surface area (Å²) in [4.78, 5) is 78.6. The lowest BCUT2D eigenvalue weighted by molar-refractivity contribution is -0.121. The number of amides is 3. The molecule has 5 aromatic carbocycles. The number of hydrogen-bond acceptors (Lipinski definition) is 15. The molecule has 4 N–H and O–H groups in total. The van der Waals surface area contributed by atoms with Gasteiger partial charge in [-0.05, 0) is 98.6 Å². The van der Waals surface area contributed by atoms with E-state index in [2.05, 4.69) is 44.4 Å². The average molecular weight is 983 g/mol. The number of benzene rings is 5. The van der Waals surface area contributed by atoms with Crippen molar-refractivity contribution in [1.82, 2.24) is 16.0 Å². The van der Waals surface area contributed by atoms with Crippen molar-refractivity contribution in [2.24, 2.45) is 4.99 Å². The molecule has 0 saturated heterocycles. The van der Waals surface area contributed by atoms with Crippen LogP contribution >= 0.6 is 0 Å². The second-order valence-corrected chi connectivity index (χ2v) is 16.9. The third kappa shape index (κ3) is 12.8. The van der Waals surface area contributed by atoms with E-state index >= 15 is 0 Å². The maximum atomic E-state index is 14.0. The van der Waals surface area contributed by atoms with Gasteiger partial charge in [0, 0.05) is 61.6 Å². The van der Waals surface area contributed by atoms with Crippen LogP contribution in [0, 0.1) is 0 Å². The lowest BCUT2D eigenvalue weighted by Gasteiger charge is -2.23. The first-order valence-electron chi connectivity index (χ1n) is 23.4. The van der Waals surface area contributed by atoms with Crippen molar-refractivity contribution >= 4 is 71.2 Å². The minimum absolute atomic E-state index is 0.0108.